The highest BCUT2D eigenvalue weighted by Crippen LogP contribution is 2.09. The van der Waals surface area contributed by atoms with Crippen molar-refractivity contribution < 1.29 is 9.53 Å². The fourth-order valence-electron chi connectivity index (χ4n) is 1.78. The highest BCUT2D eigenvalue weighted by molar-refractivity contribution is 5.78. The Kier molecular flexibility index (Phi) is 6.53. The number of hydrogen-bond donors (Lipinski definition) is 1. The third kappa shape index (κ3) is 5.41. The van der Waals surface area contributed by atoms with Gasteiger partial charge in [-0.3, -0.25) is 4.79 Å². The number of carbonyl (C=O) groups excluding carboxylic acids is 1. The van der Waals surface area contributed by atoms with Gasteiger partial charge in [0, 0.05) is 20.1 Å². The summed E-state index contributed by atoms with van der Waals surface area (Å²) in [6.07, 6.45) is 0.590. The molecule has 0 aromatic heterocycles. The van der Waals surface area contributed by atoms with Gasteiger partial charge in [0.1, 0.15) is 0 Å². The zero-order valence-electron chi connectivity index (χ0n) is 12.1. The van der Waals surface area contributed by atoms with Crippen molar-refractivity contribution in [2.24, 2.45) is 5.73 Å². The quantitative estimate of drug-likeness (QED) is 0.813. The van der Waals surface area contributed by atoms with E-state index in [2.05, 4.69) is 0 Å². The molecule has 0 radical (unpaired) electrons. The summed E-state index contributed by atoms with van der Waals surface area (Å²) in [6, 6.07) is 7.79. The molecule has 4 heteroatoms. The molecule has 0 bridgehead atoms. The van der Waals surface area contributed by atoms with E-state index in [0.29, 0.717) is 26.1 Å². The monoisotopic (exact) mass is 264 g/mol. The van der Waals surface area contributed by atoms with Gasteiger partial charge in [-0.2, -0.15) is 0 Å². The van der Waals surface area contributed by atoms with Gasteiger partial charge >= 0.3 is 0 Å². The Morgan fingerprint density at radius 1 is 1.32 bits per heavy atom. The maximum Gasteiger partial charge on any atom is 0.226 e. The van der Waals surface area contributed by atoms with Gasteiger partial charge in [-0.05, 0) is 25.0 Å². The summed E-state index contributed by atoms with van der Waals surface area (Å²) in [4.78, 5) is 13.8. The van der Waals surface area contributed by atoms with Crippen LogP contribution in [0.2, 0.25) is 0 Å². The topological polar surface area (TPSA) is 55.6 Å². The number of nitrogens with two attached hydrogens (primary N) is 1. The molecule has 0 saturated heterocycles. The zero-order chi connectivity index (χ0) is 14.3. The molecule has 0 saturated carbocycles. The van der Waals surface area contributed by atoms with Gasteiger partial charge in [0.2, 0.25) is 5.91 Å². The van der Waals surface area contributed by atoms with Gasteiger partial charge in [0.25, 0.3) is 0 Å². The number of hydrogen-bond acceptors (Lipinski definition) is 3. The average molecular weight is 264 g/mol. The van der Waals surface area contributed by atoms with Gasteiger partial charge in [-0.25, -0.2) is 0 Å². The summed E-state index contributed by atoms with van der Waals surface area (Å²) < 4.78 is 5.44. The lowest BCUT2D eigenvalue weighted by molar-refractivity contribution is -0.130. The first-order chi connectivity index (χ1) is 9.04. The Morgan fingerprint density at radius 2 is 1.95 bits per heavy atom. The molecule has 0 aliphatic carbocycles. The first-order valence-electron chi connectivity index (χ1n) is 6.67. The molecule has 0 aliphatic rings. The lowest BCUT2D eigenvalue weighted by Crippen LogP contribution is -2.32. The van der Waals surface area contributed by atoms with Crippen LogP contribution >= 0.6 is 0 Å². The molecule has 2 N–H and O–H groups in total. The van der Waals surface area contributed by atoms with Gasteiger partial charge in [-0.1, -0.05) is 24.3 Å². The highest BCUT2D eigenvalue weighted by Gasteiger charge is 2.11. The van der Waals surface area contributed by atoms with Crippen LogP contribution in [0.1, 0.15) is 25.0 Å². The number of amides is 1. The summed E-state index contributed by atoms with van der Waals surface area (Å²) in [5.74, 6) is 0.0910. The van der Waals surface area contributed by atoms with Crippen molar-refractivity contribution in [3.05, 3.63) is 35.4 Å². The Morgan fingerprint density at radius 3 is 2.53 bits per heavy atom. The van der Waals surface area contributed by atoms with Crippen molar-refractivity contribution in [3.63, 3.8) is 0 Å². The van der Waals surface area contributed by atoms with Crippen LogP contribution in [-0.4, -0.2) is 37.1 Å². The number of ether oxygens (including phenoxy) is 1. The molecule has 4 nitrogen and oxygen atoms in total. The van der Waals surface area contributed by atoms with Crippen LogP contribution in [0, 0.1) is 0 Å². The molecular formula is C15H24N2O2. The minimum Gasteiger partial charge on any atom is -0.377 e. The summed E-state index contributed by atoms with van der Waals surface area (Å²) in [5, 5.41) is 0. The fraction of sp³-hybridized carbons (Fsp3) is 0.533. The van der Waals surface area contributed by atoms with Crippen molar-refractivity contribution in [2.45, 2.75) is 32.9 Å². The summed E-state index contributed by atoms with van der Waals surface area (Å²) in [5.41, 5.74) is 7.71. The Labute approximate surface area is 115 Å². The second-order valence-electron chi connectivity index (χ2n) is 4.88. The highest BCUT2D eigenvalue weighted by atomic mass is 16.5. The van der Waals surface area contributed by atoms with Crippen LogP contribution in [-0.2, 0) is 22.5 Å². The molecule has 0 atom stereocenters. The van der Waals surface area contributed by atoms with Crippen molar-refractivity contribution in [3.8, 4) is 0 Å². The first-order valence-corrected chi connectivity index (χ1v) is 6.67. The number of benzene rings is 1. The summed E-state index contributed by atoms with van der Waals surface area (Å²) in [7, 11) is 1.80. The molecule has 1 aromatic rings. The average Bonchev–Trinajstić information content (AvgIpc) is 2.38. The Hall–Kier alpha value is -1.39. The van der Waals surface area contributed by atoms with Gasteiger partial charge in [-0.15, -0.1) is 0 Å². The first kappa shape index (κ1) is 15.7. The van der Waals surface area contributed by atoms with E-state index < -0.39 is 0 Å². The van der Waals surface area contributed by atoms with E-state index in [0.717, 1.165) is 11.1 Å². The number of rotatable bonds is 7. The van der Waals surface area contributed by atoms with E-state index >= 15 is 0 Å². The minimum absolute atomic E-state index is 0.0910. The Bertz CT molecular complexity index is 405. The molecule has 19 heavy (non-hydrogen) atoms. The van der Waals surface area contributed by atoms with Gasteiger partial charge in [0.05, 0.1) is 19.1 Å². The fourth-order valence-corrected chi connectivity index (χ4v) is 1.78. The van der Waals surface area contributed by atoms with E-state index in [4.69, 9.17) is 10.5 Å². The SMILES string of the molecule is CC(C)OCCN(C)C(=O)Cc1ccccc1CN. The smallest absolute Gasteiger partial charge is 0.226 e. The third-order valence-electron chi connectivity index (χ3n) is 2.98. The zero-order valence-corrected chi connectivity index (χ0v) is 12.1. The number of carbonyl (C=O) groups is 1. The maximum atomic E-state index is 12.1. The van der Waals surface area contributed by atoms with Crippen LogP contribution in [0.5, 0.6) is 0 Å². The number of likely N-dealkylation sites (N-methyl/N-ethyl adjacent to an activating group) is 1. The second kappa shape index (κ2) is 7.92. The van der Waals surface area contributed by atoms with Gasteiger partial charge in [0.15, 0.2) is 0 Å². The van der Waals surface area contributed by atoms with Gasteiger partial charge < -0.3 is 15.4 Å². The molecule has 106 valence electrons. The van der Waals surface area contributed by atoms with Crippen molar-refractivity contribution in [2.75, 3.05) is 20.2 Å². The molecule has 0 spiro atoms. The van der Waals surface area contributed by atoms with Crippen molar-refractivity contribution in [1.82, 2.24) is 4.90 Å². The van der Waals surface area contributed by atoms with E-state index in [1.54, 1.807) is 11.9 Å². The molecule has 0 heterocycles. The summed E-state index contributed by atoms with van der Waals surface area (Å²) in [6.45, 7) is 5.61. The van der Waals surface area contributed by atoms with Crippen LogP contribution in [0.3, 0.4) is 0 Å². The van der Waals surface area contributed by atoms with E-state index in [1.807, 2.05) is 38.1 Å². The third-order valence-corrected chi connectivity index (χ3v) is 2.98. The normalized spacial score (nSPS) is 10.8. The molecule has 0 fully saturated rings. The van der Waals surface area contributed by atoms with Crippen LogP contribution in [0.4, 0.5) is 0 Å². The molecule has 1 aromatic carbocycles. The molecule has 0 aliphatic heterocycles. The molecule has 1 amide bonds. The lowest BCUT2D eigenvalue weighted by atomic mass is 10.0. The van der Waals surface area contributed by atoms with E-state index in [-0.39, 0.29) is 12.0 Å². The maximum absolute atomic E-state index is 12.1. The second-order valence-corrected chi connectivity index (χ2v) is 4.88. The van der Waals surface area contributed by atoms with Crippen LogP contribution < -0.4 is 5.73 Å². The summed E-state index contributed by atoms with van der Waals surface area (Å²) >= 11 is 0. The van der Waals surface area contributed by atoms with E-state index in [9.17, 15) is 4.79 Å². The minimum atomic E-state index is 0.0910. The predicted molar refractivity (Wildman–Crippen MR) is 76.8 cm³/mol. The lowest BCUT2D eigenvalue weighted by Gasteiger charge is -2.19. The van der Waals surface area contributed by atoms with E-state index in [1.165, 1.54) is 0 Å². The molecule has 1 rings (SSSR count). The van der Waals surface area contributed by atoms with Crippen molar-refractivity contribution in [1.29, 1.82) is 0 Å². The standard InChI is InChI=1S/C15H24N2O2/c1-12(2)19-9-8-17(3)15(18)10-13-6-4-5-7-14(13)11-16/h4-7,12H,8-11,16H2,1-3H3. The molecular weight excluding hydrogens is 240 g/mol. The van der Waals surface area contributed by atoms with Crippen LogP contribution in [0.15, 0.2) is 24.3 Å². The van der Waals surface area contributed by atoms with Crippen molar-refractivity contribution >= 4 is 5.91 Å². The van der Waals surface area contributed by atoms with Crippen LogP contribution in [0.25, 0.3) is 0 Å². The Balaban J connectivity index is 2.49. The predicted octanol–water partition coefficient (Wildman–Crippen LogP) is 1.57. The number of nitrogens with zero attached hydrogens (tertiary/aromatic N) is 1. The molecule has 0 unspecified atom stereocenters. The largest absolute Gasteiger partial charge is 0.377 e.